The second-order valence-corrected chi connectivity index (χ2v) is 5.25. The monoisotopic (exact) mass is 265 g/mol. The molecule has 0 unspecified atom stereocenters. The highest BCUT2D eigenvalue weighted by atomic mass is 16.5. The maximum Gasteiger partial charge on any atom is 0.319 e. The second kappa shape index (κ2) is 6.43. The zero-order chi connectivity index (χ0) is 14.5. The zero-order valence-corrected chi connectivity index (χ0v) is 12.3. The van der Waals surface area contributed by atoms with Gasteiger partial charge in [0, 0.05) is 23.8 Å². The molecule has 0 aromatic heterocycles. The van der Waals surface area contributed by atoms with Crippen LogP contribution in [-0.2, 0) is 0 Å². The molecule has 0 saturated heterocycles. The van der Waals surface area contributed by atoms with E-state index < -0.39 is 0 Å². The minimum Gasteiger partial charge on any atom is -0.497 e. The van der Waals surface area contributed by atoms with Crippen molar-refractivity contribution in [1.82, 2.24) is 10.2 Å². The van der Waals surface area contributed by atoms with E-state index in [2.05, 4.69) is 29.4 Å². The Balaban J connectivity index is 2.51. The van der Waals surface area contributed by atoms with Gasteiger partial charge in [0.2, 0.25) is 0 Å². The molecule has 1 rings (SSSR count). The number of carbonyl (C=O) groups excluding carboxylic acids is 1. The molecule has 0 atom stereocenters. The normalized spacial score (nSPS) is 11.3. The van der Waals surface area contributed by atoms with E-state index in [4.69, 9.17) is 4.74 Å². The number of anilines is 1. The van der Waals surface area contributed by atoms with E-state index in [1.54, 1.807) is 13.2 Å². The zero-order valence-electron chi connectivity index (χ0n) is 12.3. The first-order valence-corrected chi connectivity index (χ1v) is 6.21. The number of amides is 2. The highest BCUT2D eigenvalue weighted by Crippen LogP contribution is 2.16. The maximum absolute atomic E-state index is 11.8. The van der Waals surface area contributed by atoms with E-state index >= 15 is 0 Å². The van der Waals surface area contributed by atoms with Gasteiger partial charge in [-0.05, 0) is 40.1 Å². The minimum absolute atomic E-state index is 0.0915. The van der Waals surface area contributed by atoms with Crippen molar-refractivity contribution < 1.29 is 9.53 Å². The van der Waals surface area contributed by atoms with E-state index in [9.17, 15) is 4.79 Å². The molecule has 1 aromatic rings. The highest BCUT2D eigenvalue weighted by molar-refractivity contribution is 5.89. The first kappa shape index (κ1) is 15.3. The molecule has 0 aliphatic heterocycles. The first-order valence-electron chi connectivity index (χ1n) is 6.21. The number of ether oxygens (including phenoxy) is 1. The Labute approximate surface area is 114 Å². The summed E-state index contributed by atoms with van der Waals surface area (Å²) < 4.78 is 5.10. The van der Waals surface area contributed by atoms with Gasteiger partial charge in [-0.2, -0.15) is 0 Å². The Morgan fingerprint density at radius 2 is 2.05 bits per heavy atom. The van der Waals surface area contributed by atoms with Crippen molar-refractivity contribution in [2.75, 3.05) is 33.1 Å². The van der Waals surface area contributed by atoms with E-state index in [-0.39, 0.29) is 11.6 Å². The molecular weight excluding hydrogens is 242 g/mol. The number of likely N-dealkylation sites (N-methyl/N-ethyl adjacent to an activating group) is 1. The molecule has 2 N–H and O–H groups in total. The third kappa shape index (κ3) is 4.79. The van der Waals surface area contributed by atoms with Gasteiger partial charge in [-0.1, -0.05) is 6.07 Å². The fourth-order valence-corrected chi connectivity index (χ4v) is 1.33. The predicted octanol–water partition coefficient (Wildman–Crippen LogP) is 2.16. The molecule has 5 nitrogen and oxygen atoms in total. The largest absolute Gasteiger partial charge is 0.497 e. The van der Waals surface area contributed by atoms with Crippen molar-refractivity contribution in [3.63, 3.8) is 0 Å². The van der Waals surface area contributed by atoms with E-state index in [1.165, 1.54) is 0 Å². The number of nitrogens with zero attached hydrogens (tertiary/aromatic N) is 1. The summed E-state index contributed by atoms with van der Waals surface area (Å²) in [7, 11) is 5.57. The van der Waals surface area contributed by atoms with Crippen LogP contribution in [0.15, 0.2) is 24.3 Å². The molecular formula is C14H23N3O2. The van der Waals surface area contributed by atoms with E-state index in [0.29, 0.717) is 18.0 Å². The van der Waals surface area contributed by atoms with Gasteiger partial charge in [-0.25, -0.2) is 4.79 Å². The number of hydrogen-bond donors (Lipinski definition) is 2. The fraction of sp³-hybridized carbons (Fsp3) is 0.500. The maximum atomic E-state index is 11.8. The van der Waals surface area contributed by atoms with Gasteiger partial charge >= 0.3 is 6.03 Å². The summed E-state index contributed by atoms with van der Waals surface area (Å²) in [4.78, 5) is 13.9. The summed E-state index contributed by atoms with van der Waals surface area (Å²) >= 11 is 0. The summed E-state index contributed by atoms with van der Waals surface area (Å²) in [5.41, 5.74) is 0.616. The number of hydrogen-bond acceptors (Lipinski definition) is 3. The Morgan fingerprint density at radius 1 is 1.37 bits per heavy atom. The fourth-order valence-electron chi connectivity index (χ4n) is 1.33. The molecule has 0 aliphatic carbocycles. The van der Waals surface area contributed by atoms with Gasteiger partial charge in [0.25, 0.3) is 0 Å². The lowest BCUT2D eigenvalue weighted by Crippen LogP contribution is -2.49. The van der Waals surface area contributed by atoms with Gasteiger partial charge in [0.15, 0.2) is 0 Å². The molecule has 106 valence electrons. The lowest BCUT2D eigenvalue weighted by molar-refractivity contribution is 0.189. The van der Waals surface area contributed by atoms with Crippen LogP contribution in [0.5, 0.6) is 5.75 Å². The number of rotatable bonds is 5. The smallest absolute Gasteiger partial charge is 0.319 e. The number of carbonyl (C=O) groups is 1. The van der Waals surface area contributed by atoms with E-state index in [1.807, 2.05) is 32.3 Å². The quantitative estimate of drug-likeness (QED) is 0.857. The Kier molecular flexibility index (Phi) is 5.18. The standard InChI is InChI=1S/C14H23N3O2/c1-14(2,17(3)4)10-15-13(18)16-11-7-6-8-12(9-11)19-5/h6-9H,10H2,1-5H3,(H2,15,16,18). The van der Waals surface area contributed by atoms with Gasteiger partial charge in [-0.3, -0.25) is 0 Å². The molecule has 0 saturated carbocycles. The van der Waals surface area contributed by atoms with Crippen LogP contribution in [0.25, 0.3) is 0 Å². The Morgan fingerprint density at radius 3 is 2.63 bits per heavy atom. The molecule has 19 heavy (non-hydrogen) atoms. The Hall–Kier alpha value is -1.75. The molecule has 0 spiro atoms. The summed E-state index contributed by atoms with van der Waals surface area (Å²) in [6.45, 7) is 4.70. The average Bonchev–Trinajstić information content (AvgIpc) is 2.36. The van der Waals surface area contributed by atoms with Gasteiger partial charge in [0.05, 0.1) is 7.11 Å². The first-order chi connectivity index (χ1) is 8.85. The van der Waals surface area contributed by atoms with Crippen molar-refractivity contribution in [2.45, 2.75) is 19.4 Å². The number of benzene rings is 1. The van der Waals surface area contributed by atoms with Crippen molar-refractivity contribution in [3.05, 3.63) is 24.3 Å². The van der Waals surface area contributed by atoms with Crippen LogP contribution in [-0.4, -0.2) is 44.2 Å². The van der Waals surface area contributed by atoms with Crippen LogP contribution in [0.1, 0.15) is 13.8 Å². The van der Waals surface area contributed by atoms with Gasteiger partial charge in [0.1, 0.15) is 5.75 Å². The second-order valence-electron chi connectivity index (χ2n) is 5.25. The summed E-state index contributed by atoms with van der Waals surface area (Å²) in [5, 5.41) is 5.64. The lowest BCUT2D eigenvalue weighted by Gasteiger charge is -2.32. The van der Waals surface area contributed by atoms with Crippen LogP contribution in [0, 0.1) is 0 Å². The van der Waals surface area contributed by atoms with Crippen LogP contribution in [0.3, 0.4) is 0 Å². The summed E-state index contributed by atoms with van der Waals surface area (Å²) in [5.74, 6) is 0.714. The summed E-state index contributed by atoms with van der Waals surface area (Å²) in [6, 6.07) is 7.04. The van der Waals surface area contributed by atoms with Crippen LogP contribution >= 0.6 is 0 Å². The molecule has 1 aromatic carbocycles. The third-order valence-corrected chi connectivity index (χ3v) is 3.22. The molecule has 0 bridgehead atoms. The number of urea groups is 1. The van der Waals surface area contributed by atoms with Crippen LogP contribution < -0.4 is 15.4 Å². The van der Waals surface area contributed by atoms with Crippen molar-refractivity contribution in [3.8, 4) is 5.75 Å². The van der Waals surface area contributed by atoms with Crippen LogP contribution in [0.2, 0.25) is 0 Å². The third-order valence-electron chi connectivity index (χ3n) is 3.22. The molecule has 2 amide bonds. The number of methoxy groups -OCH3 is 1. The molecule has 0 heterocycles. The van der Waals surface area contributed by atoms with Crippen molar-refractivity contribution in [1.29, 1.82) is 0 Å². The topological polar surface area (TPSA) is 53.6 Å². The SMILES string of the molecule is COc1cccc(NC(=O)NCC(C)(C)N(C)C)c1. The molecule has 0 fully saturated rings. The Bertz CT molecular complexity index is 430. The summed E-state index contributed by atoms with van der Waals surface area (Å²) in [6.07, 6.45) is 0. The van der Waals surface area contributed by atoms with Crippen molar-refractivity contribution in [2.24, 2.45) is 0 Å². The minimum atomic E-state index is -0.219. The van der Waals surface area contributed by atoms with Crippen LogP contribution in [0.4, 0.5) is 10.5 Å². The molecule has 0 aliphatic rings. The predicted molar refractivity (Wildman–Crippen MR) is 77.8 cm³/mol. The lowest BCUT2D eigenvalue weighted by atomic mass is 10.1. The highest BCUT2D eigenvalue weighted by Gasteiger charge is 2.20. The van der Waals surface area contributed by atoms with Gasteiger partial charge in [-0.15, -0.1) is 0 Å². The van der Waals surface area contributed by atoms with Gasteiger partial charge < -0.3 is 20.3 Å². The van der Waals surface area contributed by atoms with Crippen molar-refractivity contribution >= 4 is 11.7 Å². The molecule has 5 heteroatoms. The van der Waals surface area contributed by atoms with E-state index in [0.717, 1.165) is 0 Å². The number of nitrogens with one attached hydrogen (secondary N) is 2. The molecule has 0 radical (unpaired) electrons. The average molecular weight is 265 g/mol.